The van der Waals surface area contributed by atoms with Crippen LogP contribution >= 0.6 is 0 Å². The zero-order valence-corrected chi connectivity index (χ0v) is 20.7. The summed E-state index contributed by atoms with van der Waals surface area (Å²) in [6.07, 6.45) is -3.90. The molecule has 2 aromatic carbocycles. The van der Waals surface area contributed by atoms with Crippen molar-refractivity contribution in [2.45, 2.75) is 24.5 Å². The molecule has 0 saturated carbocycles. The van der Waals surface area contributed by atoms with Gasteiger partial charge in [0, 0.05) is 25.4 Å². The third-order valence-electron chi connectivity index (χ3n) is 4.80. The van der Waals surface area contributed by atoms with Crippen molar-refractivity contribution in [1.29, 1.82) is 0 Å². The number of aliphatic carboxylic acids is 1. The molecule has 202 valence electrons. The Labute approximate surface area is 215 Å². The van der Waals surface area contributed by atoms with E-state index in [1.165, 1.54) is 43.5 Å². The van der Waals surface area contributed by atoms with Crippen LogP contribution in [-0.4, -0.2) is 54.6 Å². The van der Waals surface area contributed by atoms with E-state index in [0.29, 0.717) is 12.1 Å². The van der Waals surface area contributed by atoms with Crippen LogP contribution in [0.25, 0.3) is 0 Å². The molecule has 38 heavy (non-hydrogen) atoms. The molecule has 14 heteroatoms. The number of sulfonamides is 1. The minimum atomic E-state index is -5.08. The number of aromatic nitrogens is 1. The molecular formula is C24H22F3N3O7S. The number of carboxylic acids is 2. The molecule has 1 heterocycles. The van der Waals surface area contributed by atoms with Crippen LogP contribution < -0.4 is 9.62 Å². The summed E-state index contributed by atoms with van der Waals surface area (Å²) in [6, 6.07) is 16.2. The summed E-state index contributed by atoms with van der Waals surface area (Å²) in [5, 5.41) is 16.4. The van der Waals surface area contributed by atoms with Crippen molar-refractivity contribution >= 4 is 39.3 Å². The number of benzene rings is 2. The molecule has 3 rings (SSSR count). The number of ketones is 1. The highest BCUT2D eigenvalue weighted by Gasteiger charge is 2.38. The lowest BCUT2D eigenvalue weighted by Crippen LogP contribution is -2.22. The van der Waals surface area contributed by atoms with Gasteiger partial charge in [0.05, 0.1) is 16.1 Å². The van der Waals surface area contributed by atoms with E-state index < -0.39 is 28.1 Å². The monoisotopic (exact) mass is 553 g/mol. The second-order valence-electron chi connectivity index (χ2n) is 7.73. The molecule has 0 atom stereocenters. The van der Waals surface area contributed by atoms with Gasteiger partial charge in [-0.25, -0.2) is 23.0 Å². The predicted molar refractivity (Wildman–Crippen MR) is 131 cm³/mol. The second-order valence-corrected chi connectivity index (χ2v) is 9.41. The number of halogens is 3. The van der Waals surface area contributed by atoms with Gasteiger partial charge in [-0.2, -0.15) is 13.2 Å². The number of nitrogens with zero attached hydrogens (tertiary/aromatic N) is 2. The number of carbonyl (C=O) groups excluding carboxylic acids is 1. The standard InChI is InChI=1S/C22H21N3O5S.C2HF3O2/c1-15(26)17-8-10-19(11-9-17)31(29,30)24-20-12-18(22(27)28)13-23-21(20)25(2)14-16-6-4-3-5-7-16;3-2(4,5)1(6)7/h3-13,24H,14H2,1-2H3,(H,27,28);(H,6,7). The van der Waals surface area contributed by atoms with E-state index in [1.807, 2.05) is 30.3 Å². The maximum atomic E-state index is 12.9. The summed E-state index contributed by atoms with van der Waals surface area (Å²) in [6.45, 7) is 1.82. The molecule has 1 aromatic heterocycles. The predicted octanol–water partition coefficient (Wildman–Crippen LogP) is 4.05. The summed E-state index contributed by atoms with van der Waals surface area (Å²) in [5.41, 5.74) is 1.25. The Kier molecular flexibility index (Phi) is 9.55. The van der Waals surface area contributed by atoms with Gasteiger partial charge >= 0.3 is 18.1 Å². The normalized spacial score (nSPS) is 11.1. The highest BCUT2D eigenvalue weighted by atomic mass is 32.2. The molecule has 0 unspecified atom stereocenters. The molecule has 10 nitrogen and oxygen atoms in total. The number of nitrogens with one attached hydrogen (secondary N) is 1. The van der Waals surface area contributed by atoms with Crippen molar-refractivity contribution < 1.29 is 46.2 Å². The number of pyridine rings is 1. The zero-order valence-electron chi connectivity index (χ0n) is 19.9. The van der Waals surface area contributed by atoms with Crippen LogP contribution in [0.1, 0.15) is 33.2 Å². The third kappa shape index (κ3) is 8.30. The van der Waals surface area contributed by atoms with Gasteiger partial charge in [-0.15, -0.1) is 0 Å². The van der Waals surface area contributed by atoms with Gasteiger partial charge in [0.15, 0.2) is 11.6 Å². The van der Waals surface area contributed by atoms with Crippen molar-refractivity contribution in [2.75, 3.05) is 16.7 Å². The summed E-state index contributed by atoms with van der Waals surface area (Å²) < 4.78 is 60.0. The Morgan fingerprint density at radius 3 is 2.00 bits per heavy atom. The Bertz CT molecular complexity index is 1410. The second kappa shape index (κ2) is 12.2. The SMILES string of the molecule is CC(=O)c1ccc(S(=O)(=O)Nc2cc(C(=O)O)cnc2N(C)Cc2ccccc2)cc1.O=C(O)C(F)(F)F. The maximum Gasteiger partial charge on any atom is 0.490 e. The average Bonchev–Trinajstić information content (AvgIpc) is 2.84. The topological polar surface area (TPSA) is 154 Å². The molecule has 0 bridgehead atoms. The first-order chi connectivity index (χ1) is 17.6. The Morgan fingerprint density at radius 1 is 0.974 bits per heavy atom. The first-order valence-corrected chi connectivity index (χ1v) is 12.0. The molecule has 0 fully saturated rings. The van der Waals surface area contributed by atoms with Crippen LogP contribution in [0, 0.1) is 0 Å². The van der Waals surface area contributed by atoms with Gasteiger partial charge in [-0.1, -0.05) is 42.5 Å². The number of anilines is 2. The highest BCUT2D eigenvalue weighted by Crippen LogP contribution is 2.28. The fourth-order valence-corrected chi connectivity index (χ4v) is 4.01. The van der Waals surface area contributed by atoms with E-state index in [-0.39, 0.29) is 27.7 Å². The third-order valence-corrected chi connectivity index (χ3v) is 6.18. The van der Waals surface area contributed by atoms with Crippen LogP contribution in [0.4, 0.5) is 24.7 Å². The molecule has 0 aliphatic heterocycles. The Hall–Kier alpha value is -4.46. The van der Waals surface area contributed by atoms with E-state index in [4.69, 9.17) is 9.90 Å². The lowest BCUT2D eigenvalue weighted by atomic mass is 10.2. The smallest absolute Gasteiger partial charge is 0.478 e. The van der Waals surface area contributed by atoms with Crippen molar-refractivity contribution in [1.82, 2.24) is 4.98 Å². The minimum absolute atomic E-state index is 0.0361. The van der Waals surface area contributed by atoms with E-state index in [2.05, 4.69) is 9.71 Å². The molecule has 0 aliphatic carbocycles. The number of carbonyl (C=O) groups is 3. The van der Waals surface area contributed by atoms with Crippen molar-refractivity contribution in [2.24, 2.45) is 0 Å². The Balaban J connectivity index is 0.000000638. The van der Waals surface area contributed by atoms with E-state index in [9.17, 15) is 36.3 Å². The summed E-state index contributed by atoms with van der Waals surface area (Å²) in [4.78, 5) is 37.6. The minimum Gasteiger partial charge on any atom is -0.478 e. The van der Waals surface area contributed by atoms with Gasteiger partial charge in [0.1, 0.15) is 0 Å². The summed E-state index contributed by atoms with van der Waals surface area (Å²) in [5.74, 6) is -3.89. The average molecular weight is 554 g/mol. The van der Waals surface area contributed by atoms with E-state index >= 15 is 0 Å². The van der Waals surface area contributed by atoms with E-state index in [0.717, 1.165) is 5.56 Å². The quantitative estimate of drug-likeness (QED) is 0.351. The van der Waals surface area contributed by atoms with Crippen LogP contribution in [-0.2, 0) is 21.4 Å². The Morgan fingerprint density at radius 2 is 1.53 bits per heavy atom. The molecule has 3 aromatic rings. The number of carboxylic acid groups (broad SMARTS) is 2. The fourth-order valence-electron chi connectivity index (χ4n) is 2.96. The van der Waals surface area contributed by atoms with Crippen LogP contribution in [0.2, 0.25) is 0 Å². The van der Waals surface area contributed by atoms with Gasteiger partial charge in [0.2, 0.25) is 0 Å². The number of hydrogen-bond acceptors (Lipinski definition) is 7. The number of alkyl halides is 3. The largest absolute Gasteiger partial charge is 0.490 e. The fraction of sp³-hybridized carbons (Fsp3) is 0.167. The molecule has 0 saturated heterocycles. The maximum absolute atomic E-state index is 12.9. The molecule has 0 aliphatic rings. The van der Waals surface area contributed by atoms with Crippen LogP contribution in [0.15, 0.2) is 71.8 Å². The van der Waals surface area contributed by atoms with Crippen molar-refractivity contribution in [3.8, 4) is 0 Å². The number of rotatable bonds is 8. The lowest BCUT2D eigenvalue weighted by molar-refractivity contribution is -0.192. The highest BCUT2D eigenvalue weighted by molar-refractivity contribution is 7.92. The van der Waals surface area contributed by atoms with Crippen LogP contribution in [0.3, 0.4) is 0 Å². The van der Waals surface area contributed by atoms with Gasteiger partial charge in [-0.05, 0) is 30.7 Å². The molecule has 0 radical (unpaired) electrons. The van der Waals surface area contributed by atoms with Crippen molar-refractivity contribution in [3.05, 3.63) is 83.6 Å². The number of hydrogen-bond donors (Lipinski definition) is 3. The molecule has 3 N–H and O–H groups in total. The first-order valence-electron chi connectivity index (χ1n) is 10.5. The molecule has 0 spiro atoms. The molecular weight excluding hydrogens is 531 g/mol. The van der Waals surface area contributed by atoms with Crippen LogP contribution in [0.5, 0.6) is 0 Å². The summed E-state index contributed by atoms with van der Waals surface area (Å²) >= 11 is 0. The summed E-state index contributed by atoms with van der Waals surface area (Å²) in [7, 11) is -2.32. The first kappa shape index (κ1) is 29.8. The zero-order chi connectivity index (χ0) is 28.7. The van der Waals surface area contributed by atoms with Gasteiger partial charge < -0.3 is 15.1 Å². The van der Waals surface area contributed by atoms with Gasteiger partial charge in [0.25, 0.3) is 10.0 Å². The molecule has 0 amide bonds. The number of Topliss-reactive ketones (excluding diaryl/α,β-unsaturated/α-hetero) is 1. The number of aromatic carboxylic acids is 1. The lowest BCUT2D eigenvalue weighted by Gasteiger charge is -2.22. The van der Waals surface area contributed by atoms with E-state index in [1.54, 1.807) is 11.9 Å². The van der Waals surface area contributed by atoms with Gasteiger partial charge in [-0.3, -0.25) is 9.52 Å². The van der Waals surface area contributed by atoms with Crippen molar-refractivity contribution in [3.63, 3.8) is 0 Å².